The Morgan fingerprint density at radius 2 is 1.70 bits per heavy atom. The third kappa shape index (κ3) is 5.07. The Kier molecular flexibility index (Phi) is 6.89. The largest absolute Gasteiger partial charge is 0.497 e. The minimum absolute atomic E-state index is 0.00655. The molecule has 3 rings (SSSR count). The summed E-state index contributed by atoms with van der Waals surface area (Å²) in [6.45, 7) is 3.83. The number of carbonyl (C=O) groups is 2. The van der Waals surface area contributed by atoms with Gasteiger partial charge in [0, 0.05) is 18.2 Å². The number of hydrogen-bond acceptors (Lipinski definition) is 6. The van der Waals surface area contributed by atoms with Crippen molar-refractivity contribution in [3.8, 4) is 5.75 Å². The molecule has 0 aliphatic carbocycles. The second kappa shape index (κ2) is 9.58. The number of benzene rings is 2. The lowest BCUT2D eigenvalue weighted by molar-refractivity contribution is 0.0937. The summed E-state index contributed by atoms with van der Waals surface area (Å²) in [5.41, 5.74) is 2.30. The molecular formula is C22H24N4O3S. The van der Waals surface area contributed by atoms with Gasteiger partial charge in [0.1, 0.15) is 5.75 Å². The average Bonchev–Trinajstić information content (AvgIpc) is 3.12. The minimum Gasteiger partial charge on any atom is -0.497 e. The molecule has 0 unspecified atom stereocenters. The summed E-state index contributed by atoms with van der Waals surface area (Å²) in [5.74, 6) is 1.39. The number of hydrogen-bond donors (Lipinski definition) is 1. The van der Waals surface area contributed by atoms with Gasteiger partial charge in [0.15, 0.2) is 16.8 Å². The van der Waals surface area contributed by atoms with Gasteiger partial charge < -0.3 is 14.6 Å². The third-order valence-electron chi connectivity index (χ3n) is 4.66. The molecule has 0 fully saturated rings. The van der Waals surface area contributed by atoms with Gasteiger partial charge in [-0.05, 0) is 50.2 Å². The van der Waals surface area contributed by atoms with Crippen molar-refractivity contribution in [2.45, 2.75) is 25.0 Å². The molecule has 1 N–H and O–H groups in total. The van der Waals surface area contributed by atoms with E-state index in [0.717, 1.165) is 5.56 Å². The Balaban J connectivity index is 1.61. The maximum atomic E-state index is 12.4. The van der Waals surface area contributed by atoms with Crippen molar-refractivity contribution in [3.05, 3.63) is 71.0 Å². The van der Waals surface area contributed by atoms with E-state index in [9.17, 15) is 9.59 Å². The van der Waals surface area contributed by atoms with Gasteiger partial charge in [-0.25, -0.2) is 0 Å². The van der Waals surface area contributed by atoms with Crippen LogP contribution in [0, 0.1) is 6.92 Å². The Bertz CT molecular complexity index is 1030. The molecule has 1 amide bonds. The van der Waals surface area contributed by atoms with E-state index in [1.165, 1.54) is 11.8 Å². The first-order valence-corrected chi connectivity index (χ1v) is 10.4. The molecule has 1 aromatic heterocycles. The highest BCUT2D eigenvalue weighted by Crippen LogP contribution is 2.21. The Morgan fingerprint density at radius 1 is 1.07 bits per heavy atom. The highest BCUT2D eigenvalue weighted by atomic mass is 32.2. The van der Waals surface area contributed by atoms with Crippen molar-refractivity contribution in [2.75, 3.05) is 12.9 Å². The van der Waals surface area contributed by atoms with Gasteiger partial charge in [0.05, 0.1) is 18.9 Å². The summed E-state index contributed by atoms with van der Waals surface area (Å²) in [5, 5.41) is 11.9. The lowest BCUT2D eigenvalue weighted by Crippen LogP contribution is -2.28. The molecule has 8 heteroatoms. The van der Waals surface area contributed by atoms with Crippen LogP contribution in [0.3, 0.4) is 0 Å². The van der Waals surface area contributed by atoms with Crippen LogP contribution in [0.25, 0.3) is 0 Å². The first-order valence-electron chi connectivity index (χ1n) is 9.46. The maximum absolute atomic E-state index is 12.4. The molecular weight excluding hydrogens is 400 g/mol. The van der Waals surface area contributed by atoms with Crippen LogP contribution in [0.5, 0.6) is 5.75 Å². The monoisotopic (exact) mass is 424 g/mol. The van der Waals surface area contributed by atoms with E-state index >= 15 is 0 Å². The van der Waals surface area contributed by atoms with E-state index in [0.29, 0.717) is 27.9 Å². The number of Topliss-reactive ketones (excluding diaryl/α,β-unsaturated/α-hetero) is 1. The molecule has 7 nitrogen and oxygen atoms in total. The number of methoxy groups -OCH3 is 1. The molecule has 0 aliphatic rings. The molecule has 30 heavy (non-hydrogen) atoms. The van der Waals surface area contributed by atoms with Gasteiger partial charge >= 0.3 is 0 Å². The molecule has 1 heterocycles. The number of nitrogens with zero attached hydrogens (tertiary/aromatic N) is 3. The first-order chi connectivity index (χ1) is 14.4. The predicted molar refractivity (Wildman–Crippen MR) is 116 cm³/mol. The SMILES string of the molecule is COc1ccc(C(=O)CSc2nnc([C@H](C)NC(=O)c3ccc(C)cc3)n2C)cc1. The van der Waals surface area contributed by atoms with E-state index in [2.05, 4.69) is 15.5 Å². The Labute approximate surface area is 179 Å². The van der Waals surface area contributed by atoms with Gasteiger partial charge in [0.25, 0.3) is 5.91 Å². The van der Waals surface area contributed by atoms with Crippen LogP contribution in [0.2, 0.25) is 0 Å². The topological polar surface area (TPSA) is 86.1 Å². The predicted octanol–water partition coefficient (Wildman–Crippen LogP) is 3.60. The average molecular weight is 425 g/mol. The summed E-state index contributed by atoms with van der Waals surface area (Å²) in [4.78, 5) is 24.9. The zero-order valence-electron chi connectivity index (χ0n) is 17.4. The van der Waals surface area contributed by atoms with E-state index in [-0.39, 0.29) is 23.5 Å². The summed E-state index contributed by atoms with van der Waals surface area (Å²) in [7, 11) is 3.41. The number of rotatable bonds is 8. The van der Waals surface area contributed by atoms with Crippen molar-refractivity contribution < 1.29 is 14.3 Å². The quantitative estimate of drug-likeness (QED) is 0.439. The summed E-state index contributed by atoms with van der Waals surface area (Å²) < 4.78 is 6.91. The van der Waals surface area contributed by atoms with Crippen LogP contribution in [-0.4, -0.2) is 39.3 Å². The van der Waals surface area contributed by atoms with E-state index in [1.54, 1.807) is 48.1 Å². The van der Waals surface area contributed by atoms with Crippen LogP contribution in [0.1, 0.15) is 45.1 Å². The number of nitrogens with one attached hydrogen (secondary N) is 1. The first kappa shape index (κ1) is 21.6. The number of aromatic nitrogens is 3. The Morgan fingerprint density at radius 3 is 2.33 bits per heavy atom. The van der Waals surface area contributed by atoms with Gasteiger partial charge in [-0.1, -0.05) is 29.5 Å². The number of ether oxygens (including phenoxy) is 1. The van der Waals surface area contributed by atoms with Crippen molar-refractivity contribution in [3.63, 3.8) is 0 Å². The number of amides is 1. The molecule has 0 spiro atoms. The molecule has 0 radical (unpaired) electrons. The fraction of sp³-hybridized carbons (Fsp3) is 0.273. The van der Waals surface area contributed by atoms with Crippen LogP contribution >= 0.6 is 11.8 Å². The zero-order valence-corrected chi connectivity index (χ0v) is 18.2. The van der Waals surface area contributed by atoms with Crippen LogP contribution in [-0.2, 0) is 7.05 Å². The van der Waals surface area contributed by atoms with E-state index < -0.39 is 0 Å². The standard InChI is InChI=1S/C22H24N4O3S/c1-14-5-7-17(8-6-14)21(28)23-15(2)20-24-25-22(26(20)3)30-13-19(27)16-9-11-18(29-4)12-10-16/h5-12,15H,13H2,1-4H3,(H,23,28)/t15-/m0/s1. The van der Waals surface area contributed by atoms with Gasteiger partial charge in [0.2, 0.25) is 0 Å². The molecule has 0 aliphatic heterocycles. The summed E-state index contributed by atoms with van der Waals surface area (Å²) in [6, 6.07) is 14.1. The van der Waals surface area contributed by atoms with Crippen molar-refractivity contribution in [2.24, 2.45) is 7.05 Å². The lowest BCUT2D eigenvalue weighted by atomic mass is 10.1. The summed E-state index contributed by atoms with van der Waals surface area (Å²) in [6.07, 6.45) is 0. The number of thioether (sulfide) groups is 1. The molecule has 156 valence electrons. The van der Waals surface area contributed by atoms with Crippen molar-refractivity contribution >= 4 is 23.5 Å². The third-order valence-corrected chi connectivity index (χ3v) is 5.68. The van der Waals surface area contributed by atoms with Crippen molar-refractivity contribution in [1.29, 1.82) is 0 Å². The van der Waals surface area contributed by atoms with Crippen molar-refractivity contribution in [1.82, 2.24) is 20.1 Å². The normalized spacial score (nSPS) is 11.7. The zero-order chi connectivity index (χ0) is 21.7. The van der Waals surface area contributed by atoms with Crippen LogP contribution < -0.4 is 10.1 Å². The second-order valence-electron chi connectivity index (χ2n) is 6.90. The molecule has 0 saturated heterocycles. The van der Waals surface area contributed by atoms with Crippen LogP contribution in [0.4, 0.5) is 0 Å². The fourth-order valence-electron chi connectivity index (χ4n) is 2.87. The summed E-state index contributed by atoms with van der Waals surface area (Å²) >= 11 is 1.31. The number of carbonyl (C=O) groups excluding carboxylic acids is 2. The van der Waals surface area contributed by atoms with E-state index in [1.807, 2.05) is 33.0 Å². The van der Waals surface area contributed by atoms with Gasteiger partial charge in [-0.3, -0.25) is 9.59 Å². The second-order valence-corrected chi connectivity index (χ2v) is 7.84. The molecule has 2 aromatic carbocycles. The van der Waals surface area contributed by atoms with Gasteiger partial charge in [-0.2, -0.15) is 0 Å². The molecule has 0 bridgehead atoms. The minimum atomic E-state index is -0.331. The fourth-order valence-corrected chi connectivity index (χ4v) is 3.68. The number of aryl methyl sites for hydroxylation is 1. The van der Waals surface area contributed by atoms with E-state index in [4.69, 9.17) is 4.74 Å². The Hall–Kier alpha value is -3.13. The highest BCUT2D eigenvalue weighted by Gasteiger charge is 2.19. The molecule has 1 atom stereocenters. The molecule has 0 saturated carbocycles. The number of ketones is 1. The lowest BCUT2D eigenvalue weighted by Gasteiger charge is -2.13. The maximum Gasteiger partial charge on any atom is 0.251 e. The van der Waals surface area contributed by atoms with Crippen LogP contribution in [0.15, 0.2) is 53.7 Å². The van der Waals surface area contributed by atoms with Gasteiger partial charge in [-0.15, -0.1) is 10.2 Å². The highest BCUT2D eigenvalue weighted by molar-refractivity contribution is 7.99. The molecule has 3 aromatic rings. The smallest absolute Gasteiger partial charge is 0.251 e.